The topological polar surface area (TPSA) is 42.4 Å². The van der Waals surface area contributed by atoms with Crippen molar-refractivity contribution in [2.75, 3.05) is 0 Å². The van der Waals surface area contributed by atoms with Crippen molar-refractivity contribution in [1.29, 1.82) is 0 Å². The van der Waals surface area contributed by atoms with Crippen LogP contribution in [0, 0.1) is 6.92 Å². The Hall–Kier alpha value is -2.10. The summed E-state index contributed by atoms with van der Waals surface area (Å²) in [4.78, 5) is 18.6. The number of aromatic nitrogens is 1. The number of hydrogen-bond acceptors (Lipinski definition) is 3. The van der Waals surface area contributed by atoms with Crippen LogP contribution in [0.1, 0.15) is 36.8 Å². The van der Waals surface area contributed by atoms with Crippen LogP contribution in [0.15, 0.2) is 24.3 Å². The molecule has 0 unspecified atom stereocenters. The summed E-state index contributed by atoms with van der Waals surface area (Å²) in [5.41, 5.74) is 3.05. The molecule has 2 aliphatic rings. The first-order valence-electron chi connectivity index (χ1n) is 7.59. The van der Waals surface area contributed by atoms with E-state index in [2.05, 4.69) is 23.2 Å². The van der Waals surface area contributed by atoms with E-state index < -0.39 is 0 Å². The molecule has 1 saturated carbocycles. The molecular weight excluding hydrogens is 264 g/mol. The van der Waals surface area contributed by atoms with Crippen molar-refractivity contribution in [2.45, 2.75) is 45.2 Å². The molecule has 0 radical (unpaired) electrons. The summed E-state index contributed by atoms with van der Waals surface area (Å²) in [5, 5.41) is 1.10. The van der Waals surface area contributed by atoms with E-state index in [0.717, 1.165) is 34.9 Å². The average molecular weight is 282 g/mol. The van der Waals surface area contributed by atoms with Crippen molar-refractivity contribution >= 4 is 17.0 Å². The fourth-order valence-corrected chi connectivity index (χ4v) is 3.39. The highest BCUT2D eigenvalue weighted by atomic mass is 16.6. The summed E-state index contributed by atoms with van der Waals surface area (Å²) < 4.78 is 5.48. The summed E-state index contributed by atoms with van der Waals surface area (Å²) >= 11 is 0. The molecule has 0 saturated heterocycles. The summed E-state index contributed by atoms with van der Waals surface area (Å²) in [6, 6.07) is 8.62. The number of ether oxygens (including phenoxy) is 1. The number of carbonyl (C=O) groups is 1. The lowest BCUT2D eigenvalue weighted by Crippen LogP contribution is -2.43. The minimum absolute atomic E-state index is 0.242. The maximum Gasteiger partial charge on any atom is 0.417 e. The fourth-order valence-electron chi connectivity index (χ4n) is 3.39. The van der Waals surface area contributed by atoms with Crippen LogP contribution >= 0.6 is 0 Å². The molecule has 108 valence electrons. The Morgan fingerprint density at radius 1 is 1.24 bits per heavy atom. The van der Waals surface area contributed by atoms with Gasteiger partial charge in [-0.25, -0.2) is 9.78 Å². The second-order valence-corrected chi connectivity index (χ2v) is 6.08. The van der Waals surface area contributed by atoms with Gasteiger partial charge in [-0.1, -0.05) is 25.0 Å². The molecule has 1 aromatic carbocycles. The SMILES string of the molecule is Cc1ccc2cc3c(nc2c1)OC(=O)N(C1CCCC1)C3. The van der Waals surface area contributed by atoms with E-state index in [1.54, 1.807) is 0 Å². The predicted octanol–water partition coefficient (Wildman–Crippen LogP) is 3.80. The standard InChI is InChI=1S/C17H18N2O2/c1-11-6-7-12-9-13-10-19(14-4-2-3-5-14)17(20)21-16(13)18-15(12)8-11/h6-9,14H,2-5,10H2,1H3. The van der Waals surface area contributed by atoms with E-state index in [1.807, 2.05) is 17.9 Å². The predicted molar refractivity (Wildman–Crippen MR) is 80.3 cm³/mol. The van der Waals surface area contributed by atoms with Crippen molar-refractivity contribution in [1.82, 2.24) is 9.88 Å². The van der Waals surface area contributed by atoms with Crippen LogP contribution in [0.25, 0.3) is 10.9 Å². The molecule has 0 spiro atoms. The van der Waals surface area contributed by atoms with Crippen molar-refractivity contribution in [3.63, 3.8) is 0 Å². The largest absolute Gasteiger partial charge is 0.417 e. The van der Waals surface area contributed by atoms with Crippen LogP contribution in [0.4, 0.5) is 4.79 Å². The average Bonchev–Trinajstić information content (AvgIpc) is 2.98. The normalized spacial score (nSPS) is 18.9. The van der Waals surface area contributed by atoms with Crippen LogP contribution in [0.3, 0.4) is 0 Å². The molecule has 0 N–H and O–H groups in total. The van der Waals surface area contributed by atoms with Crippen molar-refractivity contribution in [3.8, 4) is 5.88 Å². The number of amides is 1. The van der Waals surface area contributed by atoms with Crippen LogP contribution in [-0.4, -0.2) is 22.0 Å². The number of hydrogen-bond donors (Lipinski definition) is 0. The molecule has 4 nitrogen and oxygen atoms in total. The molecule has 2 aromatic rings. The first kappa shape index (κ1) is 12.6. The van der Waals surface area contributed by atoms with Gasteiger partial charge in [0.15, 0.2) is 0 Å². The molecule has 4 heteroatoms. The Balaban J connectivity index is 1.74. The number of aryl methyl sites for hydroxylation is 1. The van der Waals surface area contributed by atoms with Gasteiger partial charge < -0.3 is 9.64 Å². The molecule has 4 rings (SSSR count). The molecule has 2 heterocycles. The lowest BCUT2D eigenvalue weighted by molar-refractivity contribution is 0.114. The van der Waals surface area contributed by atoms with Crippen molar-refractivity contribution in [3.05, 3.63) is 35.4 Å². The summed E-state index contributed by atoms with van der Waals surface area (Å²) in [7, 11) is 0. The van der Waals surface area contributed by atoms with Gasteiger partial charge in [0.25, 0.3) is 0 Å². The van der Waals surface area contributed by atoms with Crippen LogP contribution in [-0.2, 0) is 6.54 Å². The van der Waals surface area contributed by atoms with E-state index in [-0.39, 0.29) is 6.09 Å². The molecular formula is C17H18N2O2. The number of nitrogens with zero attached hydrogens (tertiary/aromatic N) is 2. The van der Waals surface area contributed by atoms with Gasteiger partial charge in [-0.2, -0.15) is 0 Å². The minimum Gasteiger partial charge on any atom is -0.391 e. The molecule has 21 heavy (non-hydrogen) atoms. The number of fused-ring (bicyclic) bond motifs is 2. The van der Waals surface area contributed by atoms with Crippen LogP contribution in [0.2, 0.25) is 0 Å². The van der Waals surface area contributed by atoms with E-state index in [9.17, 15) is 4.79 Å². The third kappa shape index (κ3) is 2.15. The zero-order chi connectivity index (χ0) is 14.4. The quantitative estimate of drug-likeness (QED) is 0.799. The number of rotatable bonds is 1. The van der Waals surface area contributed by atoms with E-state index in [1.165, 1.54) is 12.8 Å². The first-order valence-corrected chi connectivity index (χ1v) is 7.59. The zero-order valence-corrected chi connectivity index (χ0v) is 12.1. The van der Waals surface area contributed by atoms with Gasteiger partial charge in [0.05, 0.1) is 12.1 Å². The Kier molecular flexibility index (Phi) is 2.84. The van der Waals surface area contributed by atoms with Gasteiger partial charge in [0, 0.05) is 17.0 Å². The maximum absolute atomic E-state index is 12.2. The third-order valence-corrected chi connectivity index (χ3v) is 4.54. The first-order chi connectivity index (χ1) is 10.2. The second-order valence-electron chi connectivity index (χ2n) is 6.08. The Morgan fingerprint density at radius 2 is 2.05 bits per heavy atom. The van der Waals surface area contributed by atoms with Crippen LogP contribution in [0.5, 0.6) is 5.88 Å². The smallest absolute Gasteiger partial charge is 0.391 e. The van der Waals surface area contributed by atoms with Gasteiger partial charge in [-0.3, -0.25) is 0 Å². The summed E-state index contributed by atoms with van der Waals surface area (Å²) in [6.45, 7) is 2.66. The Labute approximate surface area is 123 Å². The van der Waals surface area contributed by atoms with Crippen LogP contribution < -0.4 is 4.74 Å². The second kappa shape index (κ2) is 4.72. The molecule has 1 fully saturated rings. The number of benzene rings is 1. The highest BCUT2D eigenvalue weighted by Gasteiger charge is 2.33. The monoisotopic (exact) mass is 282 g/mol. The zero-order valence-electron chi connectivity index (χ0n) is 12.1. The molecule has 1 amide bonds. The third-order valence-electron chi connectivity index (χ3n) is 4.54. The molecule has 0 bridgehead atoms. The van der Waals surface area contributed by atoms with Crippen molar-refractivity contribution in [2.24, 2.45) is 0 Å². The van der Waals surface area contributed by atoms with E-state index >= 15 is 0 Å². The lowest BCUT2D eigenvalue weighted by Gasteiger charge is -2.32. The van der Waals surface area contributed by atoms with Gasteiger partial charge in [-0.05, 0) is 37.5 Å². The van der Waals surface area contributed by atoms with Gasteiger partial charge in [0.2, 0.25) is 5.88 Å². The number of pyridine rings is 1. The highest BCUT2D eigenvalue weighted by Crippen LogP contribution is 2.32. The molecule has 1 aromatic heterocycles. The molecule has 1 aliphatic heterocycles. The fraction of sp³-hybridized carbons (Fsp3) is 0.412. The summed E-state index contributed by atoms with van der Waals surface area (Å²) in [6.07, 6.45) is 4.34. The van der Waals surface area contributed by atoms with Gasteiger partial charge in [-0.15, -0.1) is 0 Å². The van der Waals surface area contributed by atoms with Crippen molar-refractivity contribution < 1.29 is 9.53 Å². The Morgan fingerprint density at radius 3 is 2.86 bits per heavy atom. The molecule has 0 atom stereocenters. The summed E-state index contributed by atoms with van der Waals surface area (Å²) in [5.74, 6) is 0.479. The maximum atomic E-state index is 12.2. The van der Waals surface area contributed by atoms with Gasteiger partial charge in [0.1, 0.15) is 0 Å². The lowest BCUT2D eigenvalue weighted by atomic mass is 10.1. The Bertz CT molecular complexity index is 720. The van der Waals surface area contributed by atoms with E-state index in [4.69, 9.17) is 4.74 Å². The van der Waals surface area contributed by atoms with E-state index in [0.29, 0.717) is 18.5 Å². The minimum atomic E-state index is -0.242. The van der Waals surface area contributed by atoms with Gasteiger partial charge >= 0.3 is 6.09 Å². The highest BCUT2D eigenvalue weighted by molar-refractivity contribution is 5.82. The molecule has 1 aliphatic carbocycles. The number of carbonyl (C=O) groups excluding carboxylic acids is 1.